The zero-order valence-electron chi connectivity index (χ0n) is 24.2. The van der Waals surface area contributed by atoms with Gasteiger partial charge in [-0.1, -0.05) is 83.5 Å². The quantitative estimate of drug-likeness (QED) is 0.239. The van der Waals surface area contributed by atoms with Crippen LogP contribution in [0, 0.1) is 6.92 Å². The maximum absolute atomic E-state index is 13.9. The lowest BCUT2D eigenvalue weighted by Gasteiger charge is -2.33. The molecule has 0 aromatic heterocycles. The van der Waals surface area contributed by atoms with Crippen molar-refractivity contribution in [1.82, 2.24) is 10.2 Å². The maximum Gasteiger partial charge on any atom is 0.243 e. The summed E-state index contributed by atoms with van der Waals surface area (Å²) in [6, 6.07) is 23.9. The normalized spacial score (nSPS) is 12.8. The number of carbonyl (C=O) groups excluding carboxylic acids is 2. The lowest BCUT2D eigenvalue weighted by molar-refractivity contribution is -0.141. The summed E-state index contributed by atoms with van der Waals surface area (Å²) >= 11 is 3.51. The van der Waals surface area contributed by atoms with Crippen molar-refractivity contribution in [2.75, 3.05) is 17.1 Å². The van der Waals surface area contributed by atoms with E-state index in [2.05, 4.69) is 21.2 Å². The Hall–Kier alpha value is -3.17. The first-order valence-electron chi connectivity index (χ1n) is 13.9. The molecule has 220 valence electrons. The number of anilines is 1. The van der Waals surface area contributed by atoms with Crippen molar-refractivity contribution in [2.45, 2.75) is 65.1 Å². The molecule has 0 saturated carbocycles. The average Bonchev–Trinajstić information content (AvgIpc) is 2.93. The summed E-state index contributed by atoms with van der Waals surface area (Å²) in [5.41, 5.74) is 3.28. The Balaban J connectivity index is 1.90. The second-order valence-electron chi connectivity index (χ2n) is 10.4. The van der Waals surface area contributed by atoms with Crippen LogP contribution in [0.2, 0.25) is 0 Å². The summed E-state index contributed by atoms with van der Waals surface area (Å²) < 4.78 is 27.6. The zero-order chi connectivity index (χ0) is 30.0. The number of carbonyl (C=O) groups is 2. The van der Waals surface area contributed by atoms with Crippen molar-refractivity contribution in [3.05, 3.63) is 100 Å². The summed E-state index contributed by atoms with van der Waals surface area (Å²) in [4.78, 5) is 29.2. The van der Waals surface area contributed by atoms with E-state index >= 15 is 0 Å². The summed E-state index contributed by atoms with van der Waals surface area (Å²) in [6.07, 6.45) is 2.70. The van der Waals surface area contributed by atoms with Gasteiger partial charge in [0, 0.05) is 36.4 Å². The van der Waals surface area contributed by atoms with Crippen molar-refractivity contribution in [2.24, 2.45) is 0 Å². The molecule has 0 saturated heterocycles. The second-order valence-corrected chi connectivity index (χ2v) is 13.2. The summed E-state index contributed by atoms with van der Waals surface area (Å²) in [5.74, 6) is -0.410. The fourth-order valence-electron chi connectivity index (χ4n) is 4.65. The minimum Gasteiger partial charge on any atom is -0.352 e. The van der Waals surface area contributed by atoms with E-state index in [0.717, 1.165) is 27.6 Å². The number of benzene rings is 3. The zero-order valence-corrected chi connectivity index (χ0v) is 26.6. The van der Waals surface area contributed by atoms with Crippen molar-refractivity contribution < 1.29 is 18.0 Å². The molecule has 0 aliphatic carbocycles. The second kappa shape index (κ2) is 15.2. The third-order valence-electron chi connectivity index (χ3n) is 7.05. The van der Waals surface area contributed by atoms with Gasteiger partial charge in [0.15, 0.2) is 0 Å². The van der Waals surface area contributed by atoms with E-state index in [1.165, 1.54) is 10.6 Å². The van der Waals surface area contributed by atoms with E-state index in [1.54, 1.807) is 17.0 Å². The number of hydrogen-bond acceptors (Lipinski definition) is 4. The average molecular weight is 643 g/mol. The highest BCUT2D eigenvalue weighted by Crippen LogP contribution is 2.24. The highest BCUT2D eigenvalue weighted by atomic mass is 79.9. The van der Waals surface area contributed by atoms with Crippen LogP contribution in [0.5, 0.6) is 0 Å². The Morgan fingerprint density at radius 3 is 2.24 bits per heavy atom. The van der Waals surface area contributed by atoms with Gasteiger partial charge in [-0.25, -0.2) is 8.42 Å². The molecule has 3 aromatic carbocycles. The van der Waals surface area contributed by atoms with Gasteiger partial charge in [0.25, 0.3) is 0 Å². The van der Waals surface area contributed by atoms with Crippen LogP contribution in [-0.2, 0) is 32.6 Å². The minimum atomic E-state index is -3.56. The lowest BCUT2D eigenvalue weighted by Crippen LogP contribution is -2.52. The highest BCUT2D eigenvalue weighted by Gasteiger charge is 2.31. The van der Waals surface area contributed by atoms with Gasteiger partial charge in [-0.2, -0.15) is 0 Å². The Kier molecular flexibility index (Phi) is 12.0. The van der Waals surface area contributed by atoms with Crippen molar-refractivity contribution in [3.8, 4) is 0 Å². The Morgan fingerprint density at radius 2 is 1.61 bits per heavy atom. The third kappa shape index (κ3) is 9.71. The third-order valence-corrected chi connectivity index (χ3v) is 8.72. The molecule has 3 rings (SSSR count). The van der Waals surface area contributed by atoms with E-state index in [0.29, 0.717) is 18.5 Å². The molecule has 3 aromatic rings. The molecule has 2 amide bonds. The molecule has 41 heavy (non-hydrogen) atoms. The van der Waals surface area contributed by atoms with Gasteiger partial charge in [0.05, 0.1) is 11.9 Å². The Bertz CT molecular complexity index is 1420. The van der Waals surface area contributed by atoms with Crippen molar-refractivity contribution in [1.29, 1.82) is 0 Å². The minimum absolute atomic E-state index is 0.0407. The molecule has 2 atom stereocenters. The first kappa shape index (κ1) is 32.3. The van der Waals surface area contributed by atoms with E-state index in [1.807, 2.05) is 87.5 Å². The fraction of sp³-hybridized carbons (Fsp3) is 0.375. The first-order chi connectivity index (χ1) is 19.5. The van der Waals surface area contributed by atoms with Crippen molar-refractivity contribution >= 4 is 43.5 Å². The van der Waals surface area contributed by atoms with Crippen LogP contribution in [0.1, 0.15) is 49.8 Å². The molecular formula is C32H40BrN3O4S. The Morgan fingerprint density at radius 1 is 0.951 bits per heavy atom. The molecule has 0 bridgehead atoms. The number of amides is 2. The largest absolute Gasteiger partial charge is 0.352 e. The number of sulfonamides is 1. The molecule has 0 fully saturated rings. The number of aryl methyl sites for hydroxylation is 1. The van der Waals surface area contributed by atoms with Crippen LogP contribution in [0.25, 0.3) is 0 Å². The summed E-state index contributed by atoms with van der Waals surface area (Å²) in [6.45, 7) is 6.22. The lowest BCUT2D eigenvalue weighted by atomic mass is 10.0. The predicted molar refractivity (Wildman–Crippen MR) is 169 cm³/mol. The monoisotopic (exact) mass is 641 g/mol. The molecule has 0 radical (unpaired) electrons. The highest BCUT2D eigenvalue weighted by molar-refractivity contribution is 9.10. The van der Waals surface area contributed by atoms with E-state index in [9.17, 15) is 18.0 Å². The van der Waals surface area contributed by atoms with Gasteiger partial charge < -0.3 is 10.2 Å². The number of rotatable bonds is 14. The van der Waals surface area contributed by atoms with Gasteiger partial charge >= 0.3 is 0 Å². The predicted octanol–water partition coefficient (Wildman–Crippen LogP) is 5.86. The number of nitrogens with one attached hydrogen (secondary N) is 1. The molecule has 0 unspecified atom stereocenters. The molecule has 0 aliphatic rings. The molecule has 0 heterocycles. The van der Waals surface area contributed by atoms with Crippen LogP contribution in [-0.4, -0.2) is 50.0 Å². The van der Waals surface area contributed by atoms with E-state index in [-0.39, 0.29) is 37.4 Å². The van der Waals surface area contributed by atoms with Crippen LogP contribution >= 0.6 is 15.9 Å². The molecule has 0 aliphatic heterocycles. The molecule has 9 heteroatoms. The molecule has 7 nitrogen and oxygen atoms in total. The van der Waals surface area contributed by atoms with E-state index < -0.39 is 16.1 Å². The number of halogens is 1. The fourth-order valence-corrected chi connectivity index (χ4v) is 6.12. The van der Waals surface area contributed by atoms with Gasteiger partial charge in [-0.05, 0) is 61.6 Å². The standard InChI is InChI=1S/C32H40BrN3O4S/c1-5-25(3)34-32(38)30(22-26-14-7-6-8-15-26)35(23-27-16-11-17-28(33)21-27)31(37)19-12-20-36(41(4,39)40)29-18-10-9-13-24(29)2/h6-11,13-18,21,25,30H,5,12,19-20,22-23H2,1-4H3,(H,34,38)/t25-,30-/m0/s1. The number of para-hydroxylation sites is 1. The number of nitrogens with zero attached hydrogens (tertiary/aromatic N) is 2. The molecule has 0 spiro atoms. The molecular weight excluding hydrogens is 602 g/mol. The van der Waals surface area contributed by atoms with Gasteiger partial charge in [-0.3, -0.25) is 13.9 Å². The summed E-state index contributed by atoms with van der Waals surface area (Å²) in [7, 11) is -3.56. The SMILES string of the molecule is CC[C@H](C)NC(=O)[C@H](Cc1ccccc1)N(Cc1cccc(Br)c1)C(=O)CCCN(c1ccccc1C)S(C)(=O)=O. The van der Waals surface area contributed by atoms with E-state index in [4.69, 9.17) is 0 Å². The first-order valence-corrected chi connectivity index (χ1v) is 16.5. The van der Waals surface area contributed by atoms with Gasteiger partial charge in [-0.15, -0.1) is 0 Å². The van der Waals surface area contributed by atoms with Crippen LogP contribution in [0.15, 0.2) is 83.3 Å². The molecule has 1 N–H and O–H groups in total. The van der Waals surface area contributed by atoms with Gasteiger partial charge in [0.1, 0.15) is 6.04 Å². The van der Waals surface area contributed by atoms with Crippen LogP contribution in [0.4, 0.5) is 5.69 Å². The summed E-state index contributed by atoms with van der Waals surface area (Å²) in [5, 5.41) is 3.07. The van der Waals surface area contributed by atoms with Gasteiger partial charge in [0.2, 0.25) is 21.8 Å². The Labute approximate surface area is 253 Å². The smallest absolute Gasteiger partial charge is 0.243 e. The van der Waals surface area contributed by atoms with Crippen LogP contribution < -0.4 is 9.62 Å². The van der Waals surface area contributed by atoms with Crippen molar-refractivity contribution in [3.63, 3.8) is 0 Å². The number of hydrogen-bond donors (Lipinski definition) is 1. The van der Waals surface area contributed by atoms with Crippen LogP contribution in [0.3, 0.4) is 0 Å². The topological polar surface area (TPSA) is 86.8 Å². The maximum atomic E-state index is 13.9.